The first kappa shape index (κ1) is 22.2. The van der Waals surface area contributed by atoms with Crippen molar-refractivity contribution in [3.63, 3.8) is 0 Å². The number of amides is 1. The first-order valence-corrected chi connectivity index (χ1v) is 13.6. The number of rotatable bonds is 5. The second kappa shape index (κ2) is 8.35. The van der Waals surface area contributed by atoms with Crippen LogP contribution in [0.4, 0.5) is 0 Å². The summed E-state index contributed by atoms with van der Waals surface area (Å²) in [5.74, 6) is -0.222. The van der Waals surface area contributed by atoms with Gasteiger partial charge in [0.1, 0.15) is 15.4 Å². The summed E-state index contributed by atoms with van der Waals surface area (Å²) in [6, 6.07) is 6.65. The zero-order chi connectivity index (χ0) is 21.3. The Hall–Kier alpha value is -1.45. The van der Waals surface area contributed by atoms with Crippen LogP contribution in [0.25, 0.3) is 0 Å². The Morgan fingerprint density at radius 2 is 1.69 bits per heavy atom. The van der Waals surface area contributed by atoms with Crippen molar-refractivity contribution in [2.24, 2.45) is 0 Å². The van der Waals surface area contributed by atoms with Crippen LogP contribution in [0.15, 0.2) is 29.2 Å². The van der Waals surface area contributed by atoms with Crippen LogP contribution in [-0.2, 0) is 24.7 Å². The molecule has 2 aliphatic rings. The minimum atomic E-state index is -3.85. The molecule has 0 spiro atoms. The van der Waals surface area contributed by atoms with Crippen LogP contribution in [0.5, 0.6) is 0 Å². The fourth-order valence-corrected chi connectivity index (χ4v) is 6.99. The van der Waals surface area contributed by atoms with E-state index in [1.54, 1.807) is 17.0 Å². The number of carbonyl (C=O) groups excluding carboxylic acids is 1. The number of hydrogen-bond donors (Lipinski definition) is 1. The molecule has 1 N–H and O–H groups in total. The molecule has 1 saturated heterocycles. The molecule has 0 atom stereocenters. The van der Waals surface area contributed by atoms with Crippen molar-refractivity contribution in [3.05, 3.63) is 29.8 Å². The van der Waals surface area contributed by atoms with Gasteiger partial charge >= 0.3 is 0 Å². The van der Waals surface area contributed by atoms with E-state index >= 15 is 0 Å². The predicted octanol–water partition coefficient (Wildman–Crippen LogP) is 2.01. The average molecular weight is 443 g/mol. The largest absolute Gasteiger partial charge is 0.341 e. The molecule has 29 heavy (non-hydrogen) atoms. The van der Waals surface area contributed by atoms with Crippen LogP contribution in [0, 0.1) is 6.92 Å². The monoisotopic (exact) mass is 442 g/mol. The SMILES string of the molecule is Cc1cccc(S(=O)(=O)NC2(C(=O)N3CCC(S(C)(=O)=O)CC3)CCCCC2)c1. The van der Waals surface area contributed by atoms with E-state index in [9.17, 15) is 21.6 Å². The first-order valence-electron chi connectivity index (χ1n) is 10.1. The van der Waals surface area contributed by atoms with Gasteiger partial charge in [-0.05, 0) is 50.3 Å². The van der Waals surface area contributed by atoms with Crippen LogP contribution < -0.4 is 4.72 Å². The van der Waals surface area contributed by atoms with Gasteiger partial charge < -0.3 is 4.90 Å². The van der Waals surface area contributed by atoms with Crippen LogP contribution >= 0.6 is 0 Å². The number of aryl methyl sites for hydroxylation is 1. The third kappa shape index (κ3) is 5.00. The first-order chi connectivity index (χ1) is 13.5. The zero-order valence-electron chi connectivity index (χ0n) is 17.1. The summed E-state index contributed by atoms with van der Waals surface area (Å²) in [6.07, 6.45) is 5.47. The summed E-state index contributed by atoms with van der Waals surface area (Å²) in [4.78, 5) is 15.3. The number of nitrogens with one attached hydrogen (secondary N) is 1. The lowest BCUT2D eigenvalue weighted by Crippen LogP contribution is -2.61. The van der Waals surface area contributed by atoms with Crippen LogP contribution in [-0.4, -0.2) is 57.8 Å². The van der Waals surface area contributed by atoms with E-state index in [0.717, 1.165) is 24.8 Å². The Labute approximate surface area is 173 Å². The molecule has 0 bridgehead atoms. The summed E-state index contributed by atoms with van der Waals surface area (Å²) in [7, 11) is -6.99. The van der Waals surface area contributed by atoms with E-state index < -0.39 is 30.6 Å². The molecule has 1 aliphatic heterocycles. The topological polar surface area (TPSA) is 101 Å². The van der Waals surface area contributed by atoms with Gasteiger partial charge in [-0.25, -0.2) is 16.8 Å². The number of sulfone groups is 1. The highest BCUT2D eigenvalue weighted by Gasteiger charge is 2.46. The van der Waals surface area contributed by atoms with Gasteiger partial charge in [0.25, 0.3) is 0 Å². The van der Waals surface area contributed by atoms with Crippen molar-refractivity contribution in [2.45, 2.75) is 67.6 Å². The summed E-state index contributed by atoms with van der Waals surface area (Å²) >= 11 is 0. The summed E-state index contributed by atoms with van der Waals surface area (Å²) in [5.41, 5.74) is -0.321. The Kier molecular flexibility index (Phi) is 6.41. The molecule has 3 rings (SSSR count). The Balaban J connectivity index is 1.83. The molecule has 1 saturated carbocycles. The van der Waals surface area contributed by atoms with Crippen LogP contribution in [0.3, 0.4) is 0 Å². The lowest BCUT2D eigenvalue weighted by molar-refractivity contribution is -0.139. The molecule has 9 heteroatoms. The van der Waals surface area contributed by atoms with Gasteiger partial charge in [0.2, 0.25) is 15.9 Å². The number of benzene rings is 1. The van der Waals surface area contributed by atoms with Gasteiger partial charge in [-0.2, -0.15) is 4.72 Å². The Morgan fingerprint density at radius 3 is 2.24 bits per heavy atom. The highest BCUT2D eigenvalue weighted by molar-refractivity contribution is 7.91. The van der Waals surface area contributed by atoms with Gasteiger partial charge in [-0.3, -0.25) is 4.79 Å². The van der Waals surface area contributed by atoms with Gasteiger partial charge in [0, 0.05) is 19.3 Å². The van der Waals surface area contributed by atoms with E-state index in [0.29, 0.717) is 38.8 Å². The van der Waals surface area contributed by atoms with Crippen molar-refractivity contribution < 1.29 is 21.6 Å². The highest BCUT2D eigenvalue weighted by atomic mass is 32.2. The summed E-state index contributed by atoms with van der Waals surface area (Å²) < 4.78 is 52.5. The fraction of sp³-hybridized carbons (Fsp3) is 0.650. The molecule has 0 aromatic heterocycles. The van der Waals surface area contributed by atoms with Gasteiger partial charge in [-0.15, -0.1) is 0 Å². The quantitative estimate of drug-likeness (QED) is 0.752. The minimum absolute atomic E-state index is 0.158. The zero-order valence-corrected chi connectivity index (χ0v) is 18.7. The number of carbonyl (C=O) groups is 1. The highest BCUT2D eigenvalue weighted by Crippen LogP contribution is 2.33. The smallest absolute Gasteiger partial charge is 0.243 e. The molecule has 1 heterocycles. The molecule has 7 nitrogen and oxygen atoms in total. The predicted molar refractivity (Wildman–Crippen MR) is 112 cm³/mol. The molecule has 1 amide bonds. The number of piperidine rings is 1. The van der Waals surface area contributed by atoms with Crippen molar-refractivity contribution in [2.75, 3.05) is 19.3 Å². The molecular formula is C20H30N2O5S2. The molecule has 162 valence electrons. The second-order valence-corrected chi connectivity index (χ2v) is 12.4. The van der Waals surface area contributed by atoms with E-state index in [1.165, 1.54) is 12.3 Å². The molecule has 0 radical (unpaired) electrons. The van der Waals surface area contributed by atoms with Crippen molar-refractivity contribution >= 4 is 25.8 Å². The third-order valence-corrected chi connectivity index (χ3v) is 9.30. The molecular weight excluding hydrogens is 412 g/mol. The molecule has 2 fully saturated rings. The molecule has 0 unspecified atom stereocenters. The maximum Gasteiger partial charge on any atom is 0.243 e. The van der Waals surface area contributed by atoms with E-state index in [4.69, 9.17) is 0 Å². The maximum absolute atomic E-state index is 13.5. The van der Waals surface area contributed by atoms with Gasteiger partial charge in [0.15, 0.2) is 0 Å². The number of hydrogen-bond acceptors (Lipinski definition) is 5. The standard InChI is InChI=1S/C20H30N2O5S2/c1-16-7-6-8-18(15-16)29(26,27)21-20(11-4-3-5-12-20)19(23)22-13-9-17(10-14-22)28(2,24)25/h6-8,15,17,21H,3-5,9-14H2,1-2H3. The normalized spacial score (nSPS) is 21.1. The second-order valence-electron chi connectivity index (χ2n) is 8.39. The average Bonchev–Trinajstić information content (AvgIpc) is 2.67. The van der Waals surface area contributed by atoms with Crippen molar-refractivity contribution in [3.8, 4) is 0 Å². The lowest BCUT2D eigenvalue weighted by atomic mass is 9.81. The summed E-state index contributed by atoms with van der Waals surface area (Å²) in [6.45, 7) is 2.50. The van der Waals surface area contributed by atoms with Crippen molar-refractivity contribution in [1.82, 2.24) is 9.62 Å². The molecule has 1 aromatic carbocycles. The number of sulfonamides is 1. The van der Waals surface area contributed by atoms with E-state index in [-0.39, 0.29) is 10.8 Å². The van der Waals surface area contributed by atoms with Crippen LogP contribution in [0.1, 0.15) is 50.5 Å². The Bertz CT molecular complexity index is 958. The Morgan fingerprint density at radius 1 is 1.07 bits per heavy atom. The summed E-state index contributed by atoms with van der Waals surface area (Å²) in [5, 5.41) is -0.433. The van der Waals surface area contributed by atoms with Crippen molar-refractivity contribution in [1.29, 1.82) is 0 Å². The van der Waals surface area contributed by atoms with Gasteiger partial charge in [0.05, 0.1) is 10.1 Å². The lowest BCUT2D eigenvalue weighted by Gasteiger charge is -2.42. The van der Waals surface area contributed by atoms with E-state index in [1.807, 2.05) is 13.0 Å². The number of likely N-dealkylation sites (tertiary alicyclic amines) is 1. The van der Waals surface area contributed by atoms with E-state index in [2.05, 4.69) is 4.72 Å². The maximum atomic E-state index is 13.5. The van der Waals surface area contributed by atoms with Crippen LogP contribution in [0.2, 0.25) is 0 Å². The van der Waals surface area contributed by atoms with Gasteiger partial charge in [-0.1, -0.05) is 31.4 Å². The molecule has 1 aliphatic carbocycles. The fourth-order valence-electron chi connectivity index (χ4n) is 4.40. The number of nitrogens with zero attached hydrogens (tertiary/aromatic N) is 1. The minimum Gasteiger partial charge on any atom is -0.341 e. The molecule has 1 aromatic rings. The third-order valence-electron chi connectivity index (χ3n) is 6.08.